The first-order valence-corrected chi connectivity index (χ1v) is 12.4. The first kappa shape index (κ1) is 31.3. The van der Waals surface area contributed by atoms with Crippen LogP contribution < -0.4 is 0 Å². The molecule has 4 aromatic carbocycles. The first-order chi connectivity index (χ1) is 21.5. The van der Waals surface area contributed by atoms with E-state index in [2.05, 4.69) is 0 Å². The van der Waals surface area contributed by atoms with Crippen molar-refractivity contribution in [2.75, 3.05) is 0 Å². The third kappa shape index (κ3) is 4.96. The Morgan fingerprint density at radius 2 is 0.783 bits per heavy atom. The molecule has 0 amide bonds. The predicted octanol–water partition coefficient (Wildman–Crippen LogP) is 9.19. The number of allylic oxidation sites excluding steroid dienone is 1. The SMILES string of the molecule is N#CC(C#N)=C1c2cc(-c3cc(F)c(C(F)(F)F)c(F)c3)c(C#N)cc2-c2cc(C#N)c(-c3cc(F)c(C(F)(F)F)c(F)c3)cc21. The van der Waals surface area contributed by atoms with Crippen LogP contribution in [0.2, 0.25) is 0 Å². The number of nitriles is 4. The van der Waals surface area contributed by atoms with Crippen LogP contribution in [0.5, 0.6) is 0 Å². The van der Waals surface area contributed by atoms with Crippen molar-refractivity contribution in [3.63, 3.8) is 0 Å². The average Bonchev–Trinajstić information content (AvgIpc) is 3.26. The third-order valence-electron chi connectivity index (χ3n) is 7.13. The molecule has 1 aliphatic rings. The summed E-state index contributed by atoms with van der Waals surface area (Å²) in [5, 5.41) is 39.1. The van der Waals surface area contributed by atoms with E-state index in [1.54, 1.807) is 24.3 Å². The van der Waals surface area contributed by atoms with Crippen LogP contribution in [0.4, 0.5) is 43.9 Å². The molecule has 1 aliphatic carbocycles. The van der Waals surface area contributed by atoms with Crippen molar-refractivity contribution < 1.29 is 43.9 Å². The van der Waals surface area contributed by atoms with Crippen LogP contribution in [-0.4, -0.2) is 0 Å². The Kier molecular flexibility index (Phi) is 7.35. The second kappa shape index (κ2) is 10.8. The van der Waals surface area contributed by atoms with E-state index in [0.29, 0.717) is 24.3 Å². The van der Waals surface area contributed by atoms with E-state index in [9.17, 15) is 65.0 Å². The van der Waals surface area contributed by atoms with Gasteiger partial charge < -0.3 is 0 Å². The van der Waals surface area contributed by atoms with Gasteiger partial charge in [0.1, 0.15) is 52.1 Å². The van der Waals surface area contributed by atoms with Gasteiger partial charge >= 0.3 is 12.4 Å². The molecule has 46 heavy (non-hydrogen) atoms. The molecule has 0 bridgehead atoms. The van der Waals surface area contributed by atoms with Crippen LogP contribution in [0, 0.1) is 68.6 Å². The first-order valence-electron chi connectivity index (χ1n) is 12.4. The Balaban J connectivity index is 1.81. The Hall–Kier alpha value is -6.12. The highest BCUT2D eigenvalue weighted by Crippen LogP contribution is 2.50. The van der Waals surface area contributed by atoms with Crippen molar-refractivity contribution in [3.05, 3.63) is 111 Å². The number of fused-ring (bicyclic) bond motifs is 3. The highest BCUT2D eigenvalue weighted by atomic mass is 19.4. The zero-order valence-electron chi connectivity index (χ0n) is 22.2. The molecule has 226 valence electrons. The maximum absolute atomic E-state index is 14.5. The molecule has 4 aromatic rings. The van der Waals surface area contributed by atoms with Gasteiger partial charge in [-0.1, -0.05) is 0 Å². The molecule has 4 nitrogen and oxygen atoms in total. The monoisotopic (exact) mass is 638 g/mol. The van der Waals surface area contributed by atoms with Gasteiger partial charge in [0.2, 0.25) is 0 Å². The lowest BCUT2D eigenvalue weighted by atomic mass is 9.91. The van der Waals surface area contributed by atoms with Gasteiger partial charge in [0.05, 0.1) is 23.3 Å². The number of hydrogen-bond acceptors (Lipinski definition) is 4. The summed E-state index contributed by atoms with van der Waals surface area (Å²) in [5.41, 5.74) is -7.37. The quantitative estimate of drug-likeness (QED) is 0.142. The highest BCUT2D eigenvalue weighted by molar-refractivity contribution is 6.07. The van der Waals surface area contributed by atoms with E-state index in [-0.39, 0.29) is 50.1 Å². The molecule has 5 rings (SSSR count). The predicted molar refractivity (Wildman–Crippen MR) is 139 cm³/mol. The van der Waals surface area contributed by atoms with Crippen molar-refractivity contribution in [2.24, 2.45) is 0 Å². The Morgan fingerprint density at radius 1 is 0.457 bits per heavy atom. The molecule has 14 heteroatoms. The lowest BCUT2D eigenvalue weighted by Gasteiger charge is -2.13. The summed E-state index contributed by atoms with van der Waals surface area (Å²) in [5.74, 6) is -7.94. The number of rotatable bonds is 2. The zero-order chi connectivity index (χ0) is 33.9. The van der Waals surface area contributed by atoms with Gasteiger partial charge in [0.15, 0.2) is 0 Å². The van der Waals surface area contributed by atoms with Crippen molar-refractivity contribution in [2.45, 2.75) is 12.4 Å². The van der Waals surface area contributed by atoms with Crippen molar-refractivity contribution >= 4 is 5.57 Å². The van der Waals surface area contributed by atoms with E-state index in [0.717, 1.165) is 24.3 Å². The van der Waals surface area contributed by atoms with Gasteiger partial charge in [-0.3, -0.25) is 0 Å². The molecule has 0 saturated carbocycles. The molecule has 0 saturated heterocycles. The Morgan fingerprint density at radius 3 is 1.04 bits per heavy atom. The molecule has 0 aromatic heterocycles. The summed E-state index contributed by atoms with van der Waals surface area (Å²) in [4.78, 5) is 0. The zero-order valence-corrected chi connectivity index (χ0v) is 22.2. The van der Waals surface area contributed by atoms with E-state index >= 15 is 0 Å². The fourth-order valence-electron chi connectivity index (χ4n) is 5.27. The fraction of sp³-hybridized carbons (Fsp3) is 0.0625. The Bertz CT molecular complexity index is 2020. The van der Waals surface area contributed by atoms with E-state index in [1.807, 2.05) is 0 Å². The average molecular weight is 638 g/mol. The number of hydrogen-bond donors (Lipinski definition) is 0. The molecule has 0 heterocycles. The third-order valence-corrected chi connectivity index (χ3v) is 7.13. The van der Waals surface area contributed by atoms with E-state index < -0.39 is 63.4 Å². The molecular weight excluding hydrogens is 630 g/mol. The summed E-state index contributed by atoms with van der Waals surface area (Å²) in [6, 6.07) is 12.6. The largest absolute Gasteiger partial charge is 0.422 e. The summed E-state index contributed by atoms with van der Waals surface area (Å²) < 4.78 is 137. The topological polar surface area (TPSA) is 95.2 Å². The lowest BCUT2D eigenvalue weighted by Crippen LogP contribution is -2.11. The van der Waals surface area contributed by atoms with Gasteiger partial charge in [-0.05, 0) is 81.9 Å². The summed E-state index contributed by atoms with van der Waals surface area (Å²) in [6.07, 6.45) is -10.8. The number of halogens is 10. The second-order valence-corrected chi connectivity index (χ2v) is 9.71. The molecule has 0 unspecified atom stereocenters. The molecule has 0 aliphatic heterocycles. The van der Waals surface area contributed by atoms with Crippen molar-refractivity contribution in [3.8, 4) is 57.7 Å². The number of alkyl halides is 6. The van der Waals surface area contributed by atoms with Crippen molar-refractivity contribution in [1.82, 2.24) is 0 Å². The van der Waals surface area contributed by atoms with Crippen LogP contribution in [0.25, 0.3) is 39.0 Å². The normalized spacial score (nSPS) is 12.0. The number of nitrogens with zero attached hydrogens (tertiary/aromatic N) is 4. The summed E-state index contributed by atoms with van der Waals surface area (Å²) in [7, 11) is 0. The van der Waals surface area contributed by atoms with Gasteiger partial charge in [0.25, 0.3) is 0 Å². The van der Waals surface area contributed by atoms with Gasteiger partial charge in [-0.25, -0.2) is 17.6 Å². The van der Waals surface area contributed by atoms with Crippen LogP contribution in [0.3, 0.4) is 0 Å². The molecule has 0 radical (unpaired) electrons. The maximum atomic E-state index is 14.5. The van der Waals surface area contributed by atoms with E-state index in [4.69, 9.17) is 0 Å². The minimum atomic E-state index is -5.39. The minimum absolute atomic E-state index is 0.0476. The maximum Gasteiger partial charge on any atom is 0.422 e. The highest BCUT2D eigenvalue weighted by Gasteiger charge is 2.39. The van der Waals surface area contributed by atoms with Crippen LogP contribution in [0.1, 0.15) is 33.4 Å². The molecule has 0 N–H and O–H groups in total. The number of benzene rings is 4. The van der Waals surface area contributed by atoms with E-state index in [1.165, 1.54) is 0 Å². The van der Waals surface area contributed by atoms with Gasteiger partial charge in [-0.2, -0.15) is 47.4 Å². The van der Waals surface area contributed by atoms with Crippen LogP contribution in [-0.2, 0) is 12.4 Å². The van der Waals surface area contributed by atoms with Crippen LogP contribution >= 0.6 is 0 Å². The minimum Gasteiger partial charge on any atom is -0.206 e. The molecule has 0 fully saturated rings. The summed E-state index contributed by atoms with van der Waals surface area (Å²) in [6.45, 7) is 0. The second-order valence-electron chi connectivity index (χ2n) is 9.71. The lowest BCUT2D eigenvalue weighted by molar-refractivity contribution is -0.143. The van der Waals surface area contributed by atoms with Gasteiger partial charge in [0, 0.05) is 16.7 Å². The molecule has 0 atom stereocenters. The standard InChI is InChI=1S/C32H8F10N4/c33-24-3-13(4-25(34)29(24)31(37,38)39)18-7-22-20(1-15(18)9-43)21-2-16(10-44)19(8-23(21)28(22)17(11-45)12-46)14-5-26(35)30(27(36)6-14)32(40,41)42/h1-8H. The van der Waals surface area contributed by atoms with Crippen molar-refractivity contribution in [1.29, 1.82) is 21.0 Å². The fourth-order valence-corrected chi connectivity index (χ4v) is 5.27. The van der Waals surface area contributed by atoms with Crippen LogP contribution in [0.15, 0.2) is 54.1 Å². The molecule has 0 spiro atoms. The Labute approximate surface area is 251 Å². The molecular formula is C32H8F10N4. The van der Waals surface area contributed by atoms with Gasteiger partial charge in [-0.15, -0.1) is 0 Å². The summed E-state index contributed by atoms with van der Waals surface area (Å²) >= 11 is 0. The smallest absolute Gasteiger partial charge is 0.206 e.